The molecule has 0 radical (unpaired) electrons. The molecule has 0 saturated heterocycles. The third kappa shape index (κ3) is 3.06. The second-order valence-electron chi connectivity index (χ2n) is 4.87. The van der Waals surface area contributed by atoms with Crippen LogP contribution in [0.5, 0.6) is 0 Å². The minimum Gasteiger partial charge on any atom is -0.379 e. The molecule has 100 valence electrons. The quantitative estimate of drug-likeness (QED) is 0.810. The van der Waals surface area contributed by atoms with Gasteiger partial charge in [-0.15, -0.1) is 0 Å². The van der Waals surface area contributed by atoms with E-state index in [-0.39, 0.29) is 18.0 Å². The lowest BCUT2D eigenvalue weighted by Gasteiger charge is -2.27. The van der Waals surface area contributed by atoms with E-state index in [0.717, 1.165) is 13.0 Å². The van der Waals surface area contributed by atoms with Gasteiger partial charge in [0.1, 0.15) is 5.82 Å². The number of ether oxygens (including phenoxy) is 1. The fourth-order valence-corrected chi connectivity index (χ4v) is 2.37. The SMILES string of the molecule is CCCNC(c1ccncc1F)C(OC)C1CC1. The van der Waals surface area contributed by atoms with E-state index in [1.165, 1.54) is 19.0 Å². The molecule has 1 aliphatic carbocycles. The molecule has 0 bridgehead atoms. The van der Waals surface area contributed by atoms with Crippen LogP contribution in [-0.4, -0.2) is 24.7 Å². The van der Waals surface area contributed by atoms with Crippen LogP contribution in [0.1, 0.15) is 37.8 Å². The summed E-state index contributed by atoms with van der Waals surface area (Å²) in [6.45, 7) is 2.96. The Balaban J connectivity index is 2.20. The Labute approximate surface area is 108 Å². The maximum absolute atomic E-state index is 13.9. The number of hydrogen-bond acceptors (Lipinski definition) is 3. The predicted molar refractivity (Wildman–Crippen MR) is 68.8 cm³/mol. The summed E-state index contributed by atoms with van der Waals surface area (Å²) in [4.78, 5) is 3.81. The number of nitrogens with zero attached hydrogens (tertiary/aromatic N) is 1. The van der Waals surface area contributed by atoms with E-state index in [1.807, 2.05) is 0 Å². The fraction of sp³-hybridized carbons (Fsp3) is 0.643. The third-order valence-electron chi connectivity index (χ3n) is 3.44. The first-order chi connectivity index (χ1) is 8.77. The molecular weight excluding hydrogens is 231 g/mol. The van der Waals surface area contributed by atoms with Crippen LogP contribution < -0.4 is 5.32 Å². The summed E-state index contributed by atoms with van der Waals surface area (Å²) in [6.07, 6.45) is 6.33. The molecule has 2 atom stereocenters. The Hall–Kier alpha value is -1.00. The van der Waals surface area contributed by atoms with Crippen LogP contribution in [-0.2, 0) is 4.74 Å². The zero-order valence-corrected chi connectivity index (χ0v) is 11.0. The Morgan fingerprint density at radius 2 is 2.33 bits per heavy atom. The highest BCUT2D eigenvalue weighted by atomic mass is 19.1. The first-order valence-electron chi connectivity index (χ1n) is 6.63. The number of hydrogen-bond donors (Lipinski definition) is 1. The van der Waals surface area contributed by atoms with Crippen molar-refractivity contribution in [2.24, 2.45) is 5.92 Å². The molecule has 3 nitrogen and oxygen atoms in total. The molecule has 1 aromatic rings. The highest BCUT2D eigenvalue weighted by Gasteiger charge is 2.38. The van der Waals surface area contributed by atoms with E-state index in [0.29, 0.717) is 11.5 Å². The van der Waals surface area contributed by atoms with Gasteiger partial charge in [0.2, 0.25) is 0 Å². The zero-order chi connectivity index (χ0) is 13.0. The molecule has 0 aliphatic heterocycles. The Bertz CT molecular complexity index is 382. The summed E-state index contributed by atoms with van der Waals surface area (Å²) in [5.41, 5.74) is 0.664. The maximum atomic E-state index is 13.9. The summed E-state index contributed by atoms with van der Waals surface area (Å²) >= 11 is 0. The first-order valence-corrected chi connectivity index (χ1v) is 6.63. The molecule has 4 heteroatoms. The minimum atomic E-state index is -0.256. The monoisotopic (exact) mass is 252 g/mol. The van der Waals surface area contributed by atoms with Gasteiger partial charge in [0, 0.05) is 18.9 Å². The molecule has 18 heavy (non-hydrogen) atoms. The molecule has 1 aromatic heterocycles. The summed E-state index contributed by atoms with van der Waals surface area (Å²) in [6, 6.07) is 1.67. The van der Waals surface area contributed by atoms with Crippen molar-refractivity contribution in [2.45, 2.75) is 38.3 Å². The van der Waals surface area contributed by atoms with E-state index >= 15 is 0 Å². The van der Waals surface area contributed by atoms with E-state index in [1.54, 1.807) is 19.4 Å². The Kier molecular flexibility index (Phi) is 4.66. The second kappa shape index (κ2) is 6.25. The lowest BCUT2D eigenvalue weighted by Crippen LogP contribution is -2.35. The third-order valence-corrected chi connectivity index (χ3v) is 3.44. The van der Waals surface area contributed by atoms with Gasteiger partial charge < -0.3 is 10.1 Å². The van der Waals surface area contributed by atoms with Crippen LogP contribution in [0.25, 0.3) is 0 Å². The molecule has 0 amide bonds. The highest BCUT2D eigenvalue weighted by molar-refractivity contribution is 5.20. The molecule has 1 fully saturated rings. The van der Waals surface area contributed by atoms with Crippen molar-refractivity contribution in [1.29, 1.82) is 0 Å². The number of aromatic nitrogens is 1. The summed E-state index contributed by atoms with van der Waals surface area (Å²) < 4.78 is 19.5. The molecule has 1 heterocycles. The van der Waals surface area contributed by atoms with Crippen LogP contribution in [0.2, 0.25) is 0 Å². The van der Waals surface area contributed by atoms with Crippen molar-refractivity contribution in [3.8, 4) is 0 Å². The van der Waals surface area contributed by atoms with E-state index < -0.39 is 0 Å². The average Bonchev–Trinajstić information content (AvgIpc) is 3.20. The predicted octanol–water partition coefficient (Wildman–Crippen LogP) is 2.69. The van der Waals surface area contributed by atoms with Crippen molar-refractivity contribution in [3.05, 3.63) is 29.8 Å². The smallest absolute Gasteiger partial charge is 0.146 e. The van der Waals surface area contributed by atoms with E-state index in [4.69, 9.17) is 4.74 Å². The molecule has 1 aliphatic rings. The van der Waals surface area contributed by atoms with Gasteiger partial charge in [-0.3, -0.25) is 4.98 Å². The van der Waals surface area contributed by atoms with Gasteiger partial charge >= 0.3 is 0 Å². The summed E-state index contributed by atoms with van der Waals surface area (Å²) in [7, 11) is 1.71. The largest absolute Gasteiger partial charge is 0.379 e. The summed E-state index contributed by atoms with van der Waals surface area (Å²) in [5, 5.41) is 3.41. The van der Waals surface area contributed by atoms with Crippen LogP contribution in [0, 0.1) is 11.7 Å². The lowest BCUT2D eigenvalue weighted by atomic mass is 9.98. The van der Waals surface area contributed by atoms with Crippen molar-refractivity contribution in [2.75, 3.05) is 13.7 Å². The fourth-order valence-electron chi connectivity index (χ4n) is 2.37. The molecule has 1 saturated carbocycles. The molecule has 0 spiro atoms. The number of nitrogens with one attached hydrogen (secondary N) is 1. The number of methoxy groups -OCH3 is 1. The van der Waals surface area contributed by atoms with Crippen LogP contribution in [0.3, 0.4) is 0 Å². The zero-order valence-electron chi connectivity index (χ0n) is 11.0. The van der Waals surface area contributed by atoms with Crippen molar-refractivity contribution < 1.29 is 9.13 Å². The normalized spacial score (nSPS) is 18.6. The van der Waals surface area contributed by atoms with Gasteiger partial charge in [-0.25, -0.2) is 4.39 Å². The lowest BCUT2D eigenvalue weighted by molar-refractivity contribution is 0.0495. The van der Waals surface area contributed by atoms with E-state index in [9.17, 15) is 4.39 Å². The van der Waals surface area contributed by atoms with Crippen LogP contribution in [0.15, 0.2) is 18.5 Å². The van der Waals surface area contributed by atoms with Gasteiger partial charge in [-0.2, -0.15) is 0 Å². The van der Waals surface area contributed by atoms with Crippen molar-refractivity contribution >= 4 is 0 Å². The molecule has 2 rings (SSSR count). The number of pyridine rings is 1. The van der Waals surface area contributed by atoms with Gasteiger partial charge in [-0.05, 0) is 37.8 Å². The number of halogens is 1. The standard InChI is InChI=1S/C14H21FN2O/c1-3-7-17-13(14(18-2)10-4-5-10)11-6-8-16-9-12(11)15/h6,8-10,13-14,17H,3-5,7H2,1-2H3. The van der Waals surface area contributed by atoms with Crippen LogP contribution in [0.4, 0.5) is 4.39 Å². The van der Waals surface area contributed by atoms with Gasteiger partial charge in [0.05, 0.1) is 18.3 Å². The second-order valence-corrected chi connectivity index (χ2v) is 4.87. The van der Waals surface area contributed by atoms with Crippen molar-refractivity contribution in [1.82, 2.24) is 10.3 Å². The molecule has 0 aromatic carbocycles. The topological polar surface area (TPSA) is 34.2 Å². The van der Waals surface area contributed by atoms with Gasteiger partial charge in [0.25, 0.3) is 0 Å². The highest BCUT2D eigenvalue weighted by Crippen LogP contribution is 2.40. The molecule has 1 N–H and O–H groups in total. The maximum Gasteiger partial charge on any atom is 0.146 e. The van der Waals surface area contributed by atoms with Crippen molar-refractivity contribution in [3.63, 3.8) is 0 Å². The van der Waals surface area contributed by atoms with E-state index in [2.05, 4.69) is 17.2 Å². The first kappa shape index (κ1) is 13.4. The minimum absolute atomic E-state index is 0.0495. The van der Waals surface area contributed by atoms with Gasteiger partial charge in [-0.1, -0.05) is 6.92 Å². The molecular formula is C14H21FN2O. The Morgan fingerprint density at radius 1 is 1.56 bits per heavy atom. The summed E-state index contributed by atoms with van der Waals surface area (Å²) in [5.74, 6) is 0.297. The van der Waals surface area contributed by atoms with Gasteiger partial charge in [0.15, 0.2) is 0 Å². The number of rotatable bonds is 7. The molecule has 2 unspecified atom stereocenters. The average molecular weight is 252 g/mol. The Morgan fingerprint density at radius 3 is 2.89 bits per heavy atom. The van der Waals surface area contributed by atoms with Crippen LogP contribution >= 0.6 is 0 Å².